The molecule has 1 aliphatic rings. The minimum absolute atomic E-state index is 0.113. The van der Waals surface area contributed by atoms with E-state index in [1.807, 2.05) is 25.1 Å². The minimum Gasteiger partial charge on any atom is -0.340 e. The van der Waals surface area contributed by atoms with Gasteiger partial charge in [0.05, 0.1) is 11.1 Å². The van der Waals surface area contributed by atoms with Crippen LogP contribution in [-0.2, 0) is 21.4 Å². The lowest BCUT2D eigenvalue weighted by molar-refractivity contribution is -0.124. The number of rotatable bonds is 7. The number of hydrazone groups is 1. The molecule has 3 aromatic carbocycles. The lowest BCUT2D eigenvalue weighted by Gasteiger charge is -2.22. The fourth-order valence-corrected chi connectivity index (χ4v) is 6.87. The quantitative estimate of drug-likeness (QED) is 0.252. The molecule has 7 nitrogen and oxygen atoms in total. The maximum Gasteiger partial charge on any atom is 0.258 e. The molecule has 1 amide bonds. The van der Waals surface area contributed by atoms with Gasteiger partial charge in [-0.25, -0.2) is 13.8 Å². The number of carbonyl (C=O) groups is 1. The number of para-hydroxylation sites is 1. The van der Waals surface area contributed by atoms with Gasteiger partial charge >= 0.3 is 0 Å². The van der Waals surface area contributed by atoms with Crippen molar-refractivity contribution in [3.8, 4) is 0 Å². The lowest BCUT2D eigenvalue weighted by Crippen LogP contribution is -2.44. The highest BCUT2D eigenvalue weighted by atomic mass is 35.5. The Morgan fingerprint density at radius 2 is 1.84 bits per heavy atom. The molecule has 5 rings (SSSR count). The van der Waals surface area contributed by atoms with Gasteiger partial charge in [0.15, 0.2) is 0 Å². The number of benzene rings is 3. The number of carbonyl (C=O) groups excluding carboxylic acids is 1. The van der Waals surface area contributed by atoms with E-state index in [1.54, 1.807) is 6.21 Å². The first-order valence-electron chi connectivity index (χ1n) is 12.5. The molecule has 0 radical (unpaired) electrons. The SMILES string of the molecule is Cc1cccc(Cn2c(C)c(/C=N\NC(=O)[C@H]3CCCN3S(=O)(=O)c3ccc(Cl)cc3)c3ccccc32)c1. The summed E-state index contributed by atoms with van der Waals surface area (Å²) in [6, 6.07) is 21.7. The average Bonchev–Trinajstić information content (AvgIpc) is 3.50. The average molecular weight is 549 g/mol. The molecule has 0 spiro atoms. The topological polar surface area (TPSA) is 83.8 Å². The minimum atomic E-state index is -3.83. The van der Waals surface area contributed by atoms with E-state index in [0.29, 0.717) is 24.4 Å². The summed E-state index contributed by atoms with van der Waals surface area (Å²) in [6.07, 6.45) is 2.68. The first-order chi connectivity index (χ1) is 18.3. The molecule has 1 fully saturated rings. The van der Waals surface area contributed by atoms with Gasteiger partial charge in [-0.15, -0.1) is 0 Å². The zero-order valence-electron chi connectivity index (χ0n) is 21.3. The van der Waals surface area contributed by atoms with E-state index < -0.39 is 22.0 Å². The molecule has 196 valence electrons. The molecule has 0 bridgehead atoms. The molecule has 1 aliphatic heterocycles. The first-order valence-corrected chi connectivity index (χ1v) is 14.3. The van der Waals surface area contributed by atoms with Crippen LogP contribution in [0.2, 0.25) is 5.02 Å². The molecule has 0 aliphatic carbocycles. The van der Waals surface area contributed by atoms with E-state index >= 15 is 0 Å². The van der Waals surface area contributed by atoms with E-state index in [9.17, 15) is 13.2 Å². The second-order valence-electron chi connectivity index (χ2n) is 9.55. The van der Waals surface area contributed by atoms with Crippen molar-refractivity contribution in [1.29, 1.82) is 0 Å². The summed E-state index contributed by atoms with van der Waals surface area (Å²) in [4.78, 5) is 13.2. The smallest absolute Gasteiger partial charge is 0.258 e. The summed E-state index contributed by atoms with van der Waals surface area (Å²) in [5, 5.41) is 5.74. The predicted molar refractivity (Wildman–Crippen MR) is 151 cm³/mol. The van der Waals surface area contributed by atoms with E-state index in [-0.39, 0.29) is 11.4 Å². The number of fused-ring (bicyclic) bond motifs is 1. The Bertz CT molecular complexity index is 1630. The summed E-state index contributed by atoms with van der Waals surface area (Å²) >= 11 is 5.91. The lowest BCUT2D eigenvalue weighted by atomic mass is 10.1. The van der Waals surface area contributed by atoms with Gasteiger partial charge in [-0.1, -0.05) is 59.6 Å². The van der Waals surface area contributed by atoms with E-state index in [0.717, 1.165) is 22.2 Å². The molecule has 1 atom stereocenters. The van der Waals surface area contributed by atoms with Gasteiger partial charge in [-0.05, 0) is 62.6 Å². The molecule has 1 saturated heterocycles. The molecule has 4 aromatic rings. The van der Waals surface area contributed by atoms with Crippen molar-refractivity contribution >= 4 is 44.6 Å². The van der Waals surface area contributed by atoms with E-state index in [4.69, 9.17) is 11.6 Å². The van der Waals surface area contributed by atoms with Crippen LogP contribution in [0.15, 0.2) is 82.8 Å². The summed E-state index contributed by atoms with van der Waals surface area (Å²) in [5.41, 5.74) is 8.01. The number of amides is 1. The van der Waals surface area contributed by atoms with Crippen LogP contribution < -0.4 is 5.43 Å². The van der Waals surface area contributed by atoms with Gasteiger partial charge in [-0.2, -0.15) is 9.41 Å². The largest absolute Gasteiger partial charge is 0.340 e. The molecular formula is C29H29ClN4O3S. The van der Waals surface area contributed by atoms with Crippen LogP contribution in [0.25, 0.3) is 10.9 Å². The zero-order chi connectivity index (χ0) is 26.9. The van der Waals surface area contributed by atoms with Crippen LogP contribution in [0.4, 0.5) is 0 Å². The molecular weight excluding hydrogens is 520 g/mol. The van der Waals surface area contributed by atoms with Crippen LogP contribution in [0, 0.1) is 13.8 Å². The third-order valence-corrected chi connectivity index (χ3v) is 9.17. The summed E-state index contributed by atoms with van der Waals surface area (Å²) in [7, 11) is -3.83. The number of hydrogen-bond donors (Lipinski definition) is 1. The van der Waals surface area contributed by atoms with E-state index in [2.05, 4.69) is 52.3 Å². The standard InChI is InChI=1S/C29H29ClN4O3S/c1-20-7-5-8-22(17-20)19-33-21(2)26(25-9-3-4-10-27(25)33)18-31-32-29(35)28-11-6-16-34(28)38(36,37)24-14-12-23(30)13-15-24/h3-5,7-10,12-15,17-18,28H,6,11,16,19H2,1-2H3,(H,32,35)/b31-18-/t28-/m1/s1. The fourth-order valence-electron chi connectivity index (χ4n) is 5.08. The van der Waals surface area contributed by atoms with Gasteiger partial charge in [0.1, 0.15) is 6.04 Å². The third-order valence-electron chi connectivity index (χ3n) is 7.00. The maximum absolute atomic E-state index is 13.2. The first kappa shape index (κ1) is 26.2. The van der Waals surface area contributed by atoms with Crippen molar-refractivity contribution in [3.05, 3.63) is 100 Å². The highest BCUT2D eigenvalue weighted by molar-refractivity contribution is 7.89. The second kappa shape index (κ2) is 10.7. The summed E-state index contributed by atoms with van der Waals surface area (Å²) in [6.45, 7) is 5.11. The number of aromatic nitrogens is 1. The molecule has 2 heterocycles. The van der Waals surface area contributed by atoms with Gasteiger partial charge in [0.25, 0.3) is 5.91 Å². The molecule has 0 unspecified atom stereocenters. The van der Waals surface area contributed by atoms with Gasteiger partial charge in [0.2, 0.25) is 10.0 Å². The predicted octanol–water partition coefficient (Wildman–Crippen LogP) is 5.26. The van der Waals surface area contributed by atoms with Crippen molar-refractivity contribution in [1.82, 2.24) is 14.3 Å². The monoisotopic (exact) mass is 548 g/mol. The molecule has 38 heavy (non-hydrogen) atoms. The van der Waals surface area contributed by atoms with Crippen molar-refractivity contribution in [2.24, 2.45) is 5.10 Å². The van der Waals surface area contributed by atoms with Crippen molar-refractivity contribution < 1.29 is 13.2 Å². The third kappa shape index (κ3) is 5.12. The van der Waals surface area contributed by atoms with Crippen molar-refractivity contribution in [3.63, 3.8) is 0 Å². The number of nitrogens with one attached hydrogen (secondary N) is 1. The molecule has 1 N–H and O–H groups in total. The Morgan fingerprint density at radius 1 is 1.08 bits per heavy atom. The number of aryl methyl sites for hydroxylation is 1. The fraction of sp³-hybridized carbons (Fsp3) is 0.241. The maximum atomic E-state index is 13.2. The van der Waals surface area contributed by atoms with Crippen LogP contribution in [0.1, 0.15) is 35.2 Å². The summed E-state index contributed by atoms with van der Waals surface area (Å²) < 4.78 is 29.9. The Balaban J connectivity index is 1.36. The molecule has 0 saturated carbocycles. The van der Waals surface area contributed by atoms with Crippen LogP contribution in [-0.4, -0.2) is 42.0 Å². The van der Waals surface area contributed by atoms with Crippen molar-refractivity contribution in [2.45, 2.75) is 44.2 Å². The van der Waals surface area contributed by atoms with Crippen LogP contribution in [0.5, 0.6) is 0 Å². The highest BCUT2D eigenvalue weighted by Gasteiger charge is 2.39. The normalized spacial score (nSPS) is 16.4. The Kier molecular flexibility index (Phi) is 7.38. The highest BCUT2D eigenvalue weighted by Crippen LogP contribution is 2.28. The van der Waals surface area contributed by atoms with E-state index in [1.165, 1.54) is 39.7 Å². The number of nitrogens with zero attached hydrogens (tertiary/aromatic N) is 3. The summed E-state index contributed by atoms with van der Waals surface area (Å²) in [5.74, 6) is -0.447. The van der Waals surface area contributed by atoms with Gasteiger partial charge in [0, 0.05) is 40.3 Å². The van der Waals surface area contributed by atoms with Crippen molar-refractivity contribution in [2.75, 3.05) is 6.54 Å². The molecule has 9 heteroatoms. The number of sulfonamides is 1. The van der Waals surface area contributed by atoms with Crippen LogP contribution >= 0.6 is 11.6 Å². The Hall–Kier alpha value is -3.46. The zero-order valence-corrected chi connectivity index (χ0v) is 22.8. The number of hydrogen-bond acceptors (Lipinski definition) is 4. The Labute approximate surface area is 227 Å². The number of halogens is 1. The van der Waals surface area contributed by atoms with Gasteiger partial charge in [-0.3, -0.25) is 4.79 Å². The Morgan fingerprint density at radius 3 is 2.61 bits per heavy atom. The second-order valence-corrected chi connectivity index (χ2v) is 11.9. The van der Waals surface area contributed by atoms with Gasteiger partial charge < -0.3 is 4.57 Å². The van der Waals surface area contributed by atoms with Crippen LogP contribution in [0.3, 0.4) is 0 Å². The molecule has 1 aromatic heterocycles.